The van der Waals surface area contributed by atoms with Crippen molar-refractivity contribution in [2.45, 2.75) is 12.0 Å². The number of nitrogens with zero attached hydrogens (tertiary/aromatic N) is 1. The summed E-state index contributed by atoms with van der Waals surface area (Å²) in [6.45, 7) is 0.376. The number of halogens is 1. The molecule has 1 heterocycles. The number of hydrogen-bond donors (Lipinski definition) is 4. The van der Waals surface area contributed by atoms with Gasteiger partial charge in [-0.3, -0.25) is 4.79 Å². The third-order valence-electron chi connectivity index (χ3n) is 2.65. The van der Waals surface area contributed by atoms with Gasteiger partial charge in [0.2, 0.25) is 0 Å². The van der Waals surface area contributed by atoms with Gasteiger partial charge in [0.05, 0.1) is 0 Å². The van der Waals surface area contributed by atoms with Gasteiger partial charge < -0.3 is 21.7 Å². The summed E-state index contributed by atoms with van der Waals surface area (Å²) in [5.41, 5.74) is 11.6. The Morgan fingerprint density at radius 2 is 1.94 bits per heavy atom. The first-order valence-corrected chi connectivity index (χ1v) is 5.76. The van der Waals surface area contributed by atoms with Crippen molar-refractivity contribution in [2.24, 2.45) is 11.5 Å². The zero-order chi connectivity index (χ0) is 13.3. The van der Waals surface area contributed by atoms with Gasteiger partial charge in [-0.25, -0.2) is 4.39 Å². The quantitative estimate of drug-likeness (QED) is 0.571. The van der Waals surface area contributed by atoms with Crippen LogP contribution in [-0.2, 0) is 11.3 Å². The van der Waals surface area contributed by atoms with Crippen LogP contribution < -0.4 is 16.8 Å². The van der Waals surface area contributed by atoms with Gasteiger partial charge in [-0.05, 0) is 17.7 Å². The number of benzene rings is 1. The molecule has 0 saturated carbocycles. The Balaban J connectivity index is 2.22. The number of nitrogens with two attached hydrogens (primary N) is 2. The molecule has 1 aromatic carbocycles. The lowest BCUT2D eigenvalue weighted by Gasteiger charge is -2.35. The van der Waals surface area contributed by atoms with Crippen LogP contribution in [0.4, 0.5) is 4.39 Å². The first-order valence-electron chi connectivity index (χ1n) is 5.24. The third-order valence-corrected chi connectivity index (χ3v) is 3.06. The minimum absolute atomic E-state index is 0.0394. The Bertz CT molecular complexity index is 502. The fourth-order valence-electron chi connectivity index (χ4n) is 1.63. The molecule has 96 valence electrons. The van der Waals surface area contributed by atoms with Crippen molar-refractivity contribution in [3.63, 3.8) is 0 Å². The van der Waals surface area contributed by atoms with E-state index in [1.807, 2.05) is 0 Å². The average Bonchev–Trinajstić information content (AvgIpc) is 2.34. The van der Waals surface area contributed by atoms with Crippen LogP contribution in [0.3, 0.4) is 0 Å². The van der Waals surface area contributed by atoms with E-state index < -0.39 is 11.4 Å². The van der Waals surface area contributed by atoms with Gasteiger partial charge in [0.15, 0.2) is 0 Å². The number of carbonyl (C=O) groups is 1. The van der Waals surface area contributed by atoms with E-state index in [1.165, 1.54) is 12.1 Å². The zero-order valence-corrected chi connectivity index (χ0v) is 10.3. The lowest BCUT2D eigenvalue weighted by Crippen LogP contribution is -2.53. The van der Waals surface area contributed by atoms with Gasteiger partial charge >= 0.3 is 0 Å². The molecule has 0 fully saturated rings. The maximum Gasteiger partial charge on any atom is 0.273 e. The standard InChI is InChI=1S/C11H13FN4OS/c12-7-3-1-6(2-4-7)5-16-9(14)8(13)10(17)15-11(16)18/h1-4,11,18H,5,13-14H2,(H,15,17). The molecule has 2 rings (SSSR count). The van der Waals surface area contributed by atoms with E-state index in [2.05, 4.69) is 17.9 Å². The second-order valence-electron chi connectivity index (χ2n) is 3.90. The molecule has 5 N–H and O–H groups in total. The van der Waals surface area contributed by atoms with Crippen molar-refractivity contribution in [2.75, 3.05) is 0 Å². The summed E-state index contributed by atoms with van der Waals surface area (Å²) in [5, 5.41) is 2.56. The van der Waals surface area contributed by atoms with Gasteiger partial charge in [0, 0.05) is 6.54 Å². The number of carbonyl (C=O) groups excluding carboxylic acids is 1. The molecule has 18 heavy (non-hydrogen) atoms. The molecule has 1 aliphatic rings. The normalized spacial score (nSPS) is 20.0. The summed E-state index contributed by atoms with van der Waals surface area (Å²) in [4.78, 5) is 13.0. The molecule has 0 saturated heterocycles. The number of amides is 1. The molecular weight excluding hydrogens is 255 g/mol. The average molecular weight is 268 g/mol. The highest BCUT2D eigenvalue weighted by Gasteiger charge is 2.28. The van der Waals surface area contributed by atoms with Crippen LogP contribution in [0, 0.1) is 5.82 Å². The van der Waals surface area contributed by atoms with E-state index in [1.54, 1.807) is 17.0 Å². The van der Waals surface area contributed by atoms with E-state index in [0.29, 0.717) is 6.54 Å². The second-order valence-corrected chi connectivity index (χ2v) is 4.39. The molecule has 1 atom stereocenters. The van der Waals surface area contributed by atoms with Crippen molar-refractivity contribution in [1.29, 1.82) is 0 Å². The van der Waals surface area contributed by atoms with Crippen molar-refractivity contribution in [3.05, 3.63) is 47.2 Å². The fourth-order valence-corrected chi connectivity index (χ4v) is 1.96. The van der Waals surface area contributed by atoms with Crippen LogP contribution in [0.1, 0.15) is 5.56 Å². The molecule has 5 nitrogen and oxygen atoms in total. The maximum absolute atomic E-state index is 12.8. The van der Waals surface area contributed by atoms with Gasteiger partial charge in [-0.2, -0.15) is 0 Å². The lowest BCUT2D eigenvalue weighted by atomic mass is 10.2. The molecule has 1 amide bonds. The van der Waals surface area contributed by atoms with Crippen molar-refractivity contribution in [1.82, 2.24) is 10.2 Å². The monoisotopic (exact) mass is 268 g/mol. The van der Waals surface area contributed by atoms with Gasteiger partial charge in [-0.1, -0.05) is 12.1 Å². The van der Waals surface area contributed by atoms with Crippen molar-refractivity contribution in [3.8, 4) is 0 Å². The smallest absolute Gasteiger partial charge is 0.273 e. The van der Waals surface area contributed by atoms with Crippen LogP contribution in [0.5, 0.6) is 0 Å². The first-order chi connectivity index (χ1) is 8.49. The maximum atomic E-state index is 12.8. The van der Waals surface area contributed by atoms with Crippen LogP contribution in [0.25, 0.3) is 0 Å². The van der Waals surface area contributed by atoms with Crippen LogP contribution in [-0.4, -0.2) is 16.3 Å². The van der Waals surface area contributed by atoms with Crippen LogP contribution in [0.15, 0.2) is 35.8 Å². The van der Waals surface area contributed by atoms with Gasteiger partial charge in [0.1, 0.15) is 22.8 Å². The molecule has 1 aliphatic heterocycles. The van der Waals surface area contributed by atoms with Gasteiger partial charge in [0.25, 0.3) is 5.91 Å². The highest BCUT2D eigenvalue weighted by Crippen LogP contribution is 2.18. The summed E-state index contributed by atoms with van der Waals surface area (Å²) in [6.07, 6.45) is 0. The molecule has 0 radical (unpaired) electrons. The molecule has 1 unspecified atom stereocenters. The fraction of sp³-hybridized carbons (Fsp3) is 0.182. The number of hydrogen-bond acceptors (Lipinski definition) is 5. The molecular formula is C11H13FN4OS. The van der Waals surface area contributed by atoms with E-state index in [-0.39, 0.29) is 17.3 Å². The van der Waals surface area contributed by atoms with E-state index >= 15 is 0 Å². The molecule has 0 spiro atoms. The number of thiol groups is 1. The lowest BCUT2D eigenvalue weighted by molar-refractivity contribution is -0.119. The van der Waals surface area contributed by atoms with Crippen molar-refractivity contribution < 1.29 is 9.18 Å². The molecule has 7 heteroatoms. The Morgan fingerprint density at radius 3 is 2.56 bits per heavy atom. The largest absolute Gasteiger partial charge is 0.391 e. The summed E-state index contributed by atoms with van der Waals surface area (Å²) in [5.74, 6) is -0.581. The highest BCUT2D eigenvalue weighted by atomic mass is 32.1. The Labute approximate surface area is 109 Å². The minimum atomic E-state index is -0.560. The summed E-state index contributed by atoms with van der Waals surface area (Å²) in [7, 11) is 0. The van der Waals surface area contributed by atoms with E-state index in [0.717, 1.165) is 5.56 Å². The molecule has 0 bridgehead atoms. The van der Waals surface area contributed by atoms with Crippen LogP contribution in [0.2, 0.25) is 0 Å². The SMILES string of the molecule is NC1=C(N)N(Cc2ccc(F)cc2)C(S)NC1=O. The summed E-state index contributed by atoms with van der Waals surface area (Å²) in [6, 6.07) is 5.98. The Kier molecular flexibility index (Phi) is 3.33. The summed E-state index contributed by atoms with van der Waals surface area (Å²) < 4.78 is 12.8. The number of rotatable bonds is 2. The molecule has 1 aromatic rings. The van der Waals surface area contributed by atoms with E-state index in [4.69, 9.17) is 11.5 Å². The van der Waals surface area contributed by atoms with Crippen molar-refractivity contribution >= 4 is 18.5 Å². The minimum Gasteiger partial charge on any atom is -0.391 e. The zero-order valence-electron chi connectivity index (χ0n) is 9.43. The topological polar surface area (TPSA) is 84.4 Å². The van der Waals surface area contributed by atoms with E-state index in [9.17, 15) is 9.18 Å². The predicted octanol–water partition coefficient (Wildman–Crippen LogP) is 0.0574. The predicted molar refractivity (Wildman–Crippen MR) is 68.3 cm³/mol. The highest BCUT2D eigenvalue weighted by molar-refractivity contribution is 7.80. The summed E-state index contributed by atoms with van der Waals surface area (Å²) >= 11 is 4.22. The number of nitrogens with one attached hydrogen (secondary N) is 1. The Hall–Kier alpha value is -1.89. The Morgan fingerprint density at radius 1 is 1.33 bits per heavy atom. The molecule has 0 aliphatic carbocycles. The first kappa shape index (κ1) is 12.6. The van der Waals surface area contributed by atoms with Gasteiger partial charge in [-0.15, -0.1) is 12.6 Å². The van der Waals surface area contributed by atoms with Crippen LogP contribution >= 0.6 is 12.6 Å². The second kappa shape index (κ2) is 4.77. The molecule has 0 aromatic heterocycles. The third kappa shape index (κ3) is 2.35.